The van der Waals surface area contributed by atoms with E-state index in [1.54, 1.807) is 18.5 Å². The first kappa shape index (κ1) is 26.8. The summed E-state index contributed by atoms with van der Waals surface area (Å²) in [6.45, 7) is 0. The second-order valence-electron chi connectivity index (χ2n) is 10.6. The van der Waals surface area contributed by atoms with Crippen LogP contribution in [0, 0.1) is 11.7 Å². The Balaban J connectivity index is 1.27. The summed E-state index contributed by atoms with van der Waals surface area (Å²) >= 11 is 0. The third kappa shape index (κ3) is 5.10. The monoisotopic (exact) mass is 597 g/mol. The quantitative estimate of drug-likeness (QED) is 0.210. The number of hydrogen-bond donors (Lipinski definition) is 4. The van der Waals surface area contributed by atoms with E-state index in [1.807, 2.05) is 18.2 Å². The van der Waals surface area contributed by atoms with Crippen molar-refractivity contribution < 1.29 is 17.6 Å². The Morgan fingerprint density at radius 3 is 2.72 bits per heavy atom. The summed E-state index contributed by atoms with van der Waals surface area (Å²) in [5.74, 6) is -0.195. The van der Waals surface area contributed by atoms with Crippen molar-refractivity contribution >= 4 is 43.6 Å². The van der Waals surface area contributed by atoms with E-state index in [0.717, 1.165) is 25.2 Å². The van der Waals surface area contributed by atoms with E-state index >= 15 is 0 Å². The second kappa shape index (κ2) is 10.0. The van der Waals surface area contributed by atoms with Gasteiger partial charge in [0.25, 0.3) is 0 Å². The van der Waals surface area contributed by atoms with E-state index < -0.39 is 21.0 Å². The highest BCUT2D eigenvalue weighted by atomic mass is 32.2. The minimum Gasteiger partial charge on any atom is -0.335 e. The van der Waals surface area contributed by atoms with Crippen LogP contribution in [0.4, 0.5) is 10.1 Å². The van der Waals surface area contributed by atoms with Crippen LogP contribution in [-0.4, -0.2) is 55.7 Å². The van der Waals surface area contributed by atoms with E-state index in [9.17, 15) is 17.6 Å². The van der Waals surface area contributed by atoms with Crippen molar-refractivity contribution in [3.63, 3.8) is 0 Å². The van der Waals surface area contributed by atoms with Crippen molar-refractivity contribution in [2.45, 2.75) is 18.2 Å². The molecule has 7 rings (SSSR count). The third-order valence-electron chi connectivity index (χ3n) is 7.29. The van der Waals surface area contributed by atoms with Crippen molar-refractivity contribution in [3.8, 4) is 33.9 Å². The molecule has 1 atom stereocenters. The van der Waals surface area contributed by atoms with Gasteiger partial charge in [0.15, 0.2) is 27.0 Å². The number of benzene rings is 1. The number of imidazole rings is 1. The van der Waals surface area contributed by atoms with Crippen LogP contribution in [-0.2, 0) is 14.6 Å². The van der Waals surface area contributed by atoms with Crippen molar-refractivity contribution in [2.75, 3.05) is 11.6 Å². The summed E-state index contributed by atoms with van der Waals surface area (Å²) in [5.41, 5.74) is 11.4. The molecule has 0 saturated heterocycles. The highest BCUT2D eigenvalue weighted by molar-refractivity contribution is 7.90. The Morgan fingerprint density at radius 2 is 1.93 bits per heavy atom. The van der Waals surface area contributed by atoms with Gasteiger partial charge in [0.05, 0.1) is 28.6 Å². The van der Waals surface area contributed by atoms with Crippen LogP contribution in [0.3, 0.4) is 0 Å². The molecule has 5 N–H and O–H groups in total. The number of halogens is 1. The fourth-order valence-electron chi connectivity index (χ4n) is 4.91. The van der Waals surface area contributed by atoms with Crippen molar-refractivity contribution in [3.05, 3.63) is 72.4 Å². The van der Waals surface area contributed by atoms with Gasteiger partial charge in [0, 0.05) is 35.7 Å². The van der Waals surface area contributed by atoms with E-state index in [2.05, 4.69) is 35.5 Å². The van der Waals surface area contributed by atoms with Gasteiger partial charge in [-0.25, -0.2) is 27.8 Å². The molecule has 0 spiro atoms. The molecule has 1 aliphatic rings. The van der Waals surface area contributed by atoms with Gasteiger partial charge in [0.1, 0.15) is 16.7 Å². The molecular formula is C29H24FN9O3S. The number of carbonyl (C=O) groups is 1. The van der Waals surface area contributed by atoms with Gasteiger partial charge >= 0.3 is 0 Å². The molecule has 0 radical (unpaired) electrons. The SMILES string of the molecule is CS(=O)(=O)C(N)c1cc(F)cc(-c2ccnc3nc(-c4n[nH]c5ccc(-c6cncc(NC(=O)C7CC7)c6)nc45)[nH]c23)c1. The van der Waals surface area contributed by atoms with Crippen LogP contribution < -0.4 is 11.1 Å². The Hall–Kier alpha value is -5.08. The number of aromatic amines is 2. The fraction of sp³-hybridized carbons (Fsp3) is 0.172. The Labute approximate surface area is 243 Å². The molecule has 1 fully saturated rings. The molecule has 14 heteroatoms. The van der Waals surface area contributed by atoms with Gasteiger partial charge in [-0.05, 0) is 66.4 Å². The predicted molar refractivity (Wildman–Crippen MR) is 159 cm³/mol. The normalized spacial score (nSPS) is 14.3. The molecule has 0 bridgehead atoms. The van der Waals surface area contributed by atoms with Crippen LogP contribution in [0.25, 0.3) is 56.1 Å². The fourth-order valence-corrected chi connectivity index (χ4v) is 5.54. The summed E-state index contributed by atoms with van der Waals surface area (Å²) in [5, 5.41) is 8.93. The van der Waals surface area contributed by atoms with Crippen LogP contribution in [0.15, 0.2) is 61.1 Å². The molecule has 1 aliphatic carbocycles. The maximum Gasteiger partial charge on any atom is 0.227 e. The summed E-state index contributed by atoms with van der Waals surface area (Å²) in [4.78, 5) is 33.5. The van der Waals surface area contributed by atoms with Crippen molar-refractivity contribution in [2.24, 2.45) is 11.7 Å². The molecule has 1 aromatic carbocycles. The predicted octanol–water partition coefficient (Wildman–Crippen LogP) is 4.11. The number of nitrogens with one attached hydrogen (secondary N) is 3. The smallest absolute Gasteiger partial charge is 0.227 e. The molecule has 6 aromatic rings. The van der Waals surface area contributed by atoms with E-state index in [4.69, 9.17) is 10.7 Å². The third-order valence-corrected chi connectivity index (χ3v) is 8.49. The maximum absolute atomic E-state index is 14.6. The van der Waals surface area contributed by atoms with Crippen LogP contribution in [0.2, 0.25) is 0 Å². The number of sulfone groups is 1. The summed E-state index contributed by atoms with van der Waals surface area (Å²) in [6, 6.07) is 11.1. The second-order valence-corrected chi connectivity index (χ2v) is 12.7. The zero-order valence-corrected chi connectivity index (χ0v) is 23.5. The maximum atomic E-state index is 14.6. The molecular weight excluding hydrogens is 573 g/mol. The van der Waals surface area contributed by atoms with Gasteiger partial charge in [-0.1, -0.05) is 0 Å². The molecule has 1 unspecified atom stereocenters. The van der Waals surface area contributed by atoms with E-state index in [0.29, 0.717) is 61.8 Å². The van der Waals surface area contributed by atoms with Crippen molar-refractivity contribution in [1.82, 2.24) is 35.1 Å². The number of fused-ring (bicyclic) bond motifs is 2. The van der Waals surface area contributed by atoms with Gasteiger partial charge < -0.3 is 16.0 Å². The molecule has 1 amide bonds. The standard InChI is InChI=1S/C29H24FN9O3S/c1-43(41,42)26(31)16-8-15(9-18(30)10-16)20-6-7-33-27-23(20)36-28(37-27)25-24-22(38-39-25)5-4-21(35-24)17-11-19(13-32-12-17)34-29(40)14-2-3-14/h4-14,26H,2-3,31H2,1H3,(H,34,40)(H,38,39)(H,33,36,37). The Morgan fingerprint density at radius 1 is 1.09 bits per heavy atom. The number of amides is 1. The first-order valence-corrected chi connectivity index (χ1v) is 15.3. The average molecular weight is 598 g/mol. The summed E-state index contributed by atoms with van der Waals surface area (Å²) in [7, 11) is -3.66. The molecule has 216 valence electrons. The number of aromatic nitrogens is 7. The zero-order chi connectivity index (χ0) is 29.9. The lowest BCUT2D eigenvalue weighted by atomic mass is 10.0. The van der Waals surface area contributed by atoms with Crippen molar-refractivity contribution in [1.29, 1.82) is 0 Å². The Kier molecular flexibility index (Phi) is 6.25. The van der Waals surface area contributed by atoms with Gasteiger partial charge in [-0.2, -0.15) is 5.10 Å². The minimum atomic E-state index is -3.66. The highest BCUT2D eigenvalue weighted by Gasteiger charge is 2.29. The minimum absolute atomic E-state index is 0.00921. The lowest BCUT2D eigenvalue weighted by Crippen LogP contribution is -2.20. The number of rotatable bonds is 7. The number of anilines is 1. The molecule has 0 aliphatic heterocycles. The lowest BCUT2D eigenvalue weighted by Gasteiger charge is -2.12. The van der Waals surface area contributed by atoms with Crippen LogP contribution in [0.5, 0.6) is 0 Å². The number of carbonyl (C=O) groups excluding carboxylic acids is 1. The first-order chi connectivity index (χ1) is 20.6. The number of hydrogen-bond acceptors (Lipinski definition) is 9. The molecule has 12 nitrogen and oxygen atoms in total. The zero-order valence-electron chi connectivity index (χ0n) is 22.7. The van der Waals surface area contributed by atoms with Gasteiger partial charge in [0.2, 0.25) is 5.91 Å². The molecule has 1 saturated carbocycles. The largest absolute Gasteiger partial charge is 0.335 e. The number of H-pyrrole nitrogens is 2. The lowest BCUT2D eigenvalue weighted by molar-refractivity contribution is -0.117. The number of pyridine rings is 3. The first-order valence-electron chi connectivity index (χ1n) is 13.4. The van der Waals surface area contributed by atoms with Gasteiger partial charge in [-0.15, -0.1) is 0 Å². The Bertz CT molecular complexity index is 2170. The topological polar surface area (TPSA) is 185 Å². The number of nitrogens with two attached hydrogens (primary N) is 1. The van der Waals surface area contributed by atoms with Crippen LogP contribution >= 0.6 is 0 Å². The summed E-state index contributed by atoms with van der Waals surface area (Å²) < 4.78 is 38.7. The van der Waals surface area contributed by atoms with E-state index in [1.165, 1.54) is 18.3 Å². The van der Waals surface area contributed by atoms with Gasteiger partial charge in [-0.3, -0.25) is 14.9 Å². The highest BCUT2D eigenvalue weighted by Crippen LogP contribution is 2.34. The average Bonchev–Trinajstić information content (AvgIpc) is 3.62. The molecule has 5 aromatic heterocycles. The van der Waals surface area contributed by atoms with E-state index in [-0.39, 0.29) is 17.4 Å². The van der Waals surface area contributed by atoms with Crippen LogP contribution in [0.1, 0.15) is 23.8 Å². The molecule has 5 heterocycles. The number of nitrogens with zero attached hydrogens (tertiary/aromatic N) is 5. The molecule has 43 heavy (non-hydrogen) atoms. The summed E-state index contributed by atoms with van der Waals surface area (Å²) in [6.07, 6.45) is 7.61.